The summed E-state index contributed by atoms with van der Waals surface area (Å²) >= 11 is 0. The van der Waals surface area contributed by atoms with Crippen LogP contribution in [-0.2, 0) is 13.0 Å². The minimum Gasteiger partial charge on any atom is -0.493 e. The molecule has 2 aromatic carbocycles. The van der Waals surface area contributed by atoms with Crippen molar-refractivity contribution in [3.05, 3.63) is 59.2 Å². The van der Waals surface area contributed by atoms with Crippen LogP contribution in [0.4, 0.5) is 0 Å². The second-order valence-electron chi connectivity index (χ2n) is 9.38. The Morgan fingerprint density at radius 3 is 1.86 bits per heavy atom. The minimum atomic E-state index is -4.24. The first-order chi connectivity index (χ1) is 17.1. The summed E-state index contributed by atoms with van der Waals surface area (Å²) in [7, 11) is 2.71. The molecule has 13 nitrogen and oxygen atoms in total. The van der Waals surface area contributed by atoms with Crippen LogP contribution in [0.2, 0.25) is 0 Å². The summed E-state index contributed by atoms with van der Waals surface area (Å²) in [6.07, 6.45) is -1.42. The fourth-order valence-electron chi connectivity index (χ4n) is 5.08. The largest absolute Gasteiger partial charge is 0.493 e. The van der Waals surface area contributed by atoms with E-state index in [0.29, 0.717) is 5.56 Å². The van der Waals surface area contributed by atoms with E-state index in [1.54, 1.807) is 6.07 Å². The smallest absolute Gasteiger partial charge is 0.289 e. The number of piperidine rings is 1. The van der Waals surface area contributed by atoms with Crippen LogP contribution in [0.25, 0.3) is 0 Å². The van der Waals surface area contributed by atoms with Crippen molar-refractivity contribution in [1.29, 1.82) is 0 Å². The number of ketones is 1. The third-order valence-electron chi connectivity index (χ3n) is 7.28. The van der Waals surface area contributed by atoms with E-state index in [9.17, 15) is 50.8 Å². The van der Waals surface area contributed by atoms with Gasteiger partial charge in [-0.2, -0.15) is 4.90 Å². The van der Waals surface area contributed by atoms with Gasteiger partial charge in [-0.05, 0) is 36.1 Å². The molecule has 1 unspecified atom stereocenters. The molecule has 202 valence electrons. The molecule has 0 amide bonds. The molecule has 1 atom stereocenters. The molecule has 4 rings (SSSR count). The minimum absolute atomic E-state index is 0.106. The highest BCUT2D eigenvalue weighted by Crippen LogP contribution is 2.54. The Balaban J connectivity index is 1.75. The molecule has 1 aliphatic carbocycles. The van der Waals surface area contributed by atoms with Gasteiger partial charge in [0.25, 0.3) is 23.4 Å². The van der Waals surface area contributed by atoms with Crippen molar-refractivity contribution in [3.63, 3.8) is 0 Å². The van der Waals surface area contributed by atoms with E-state index in [2.05, 4.69) is 0 Å². The number of ether oxygens (including phenoxy) is 2. The lowest BCUT2D eigenvalue weighted by Gasteiger charge is -2.63. The summed E-state index contributed by atoms with van der Waals surface area (Å²) in [4.78, 5) is 12.9. The highest BCUT2D eigenvalue weighted by Gasteiger charge is 2.84. The standard InChI is InChI=1S/C24H29NO12/c1-36-17-9-14-8-15(19(26)16(14)10-18(17)37-2)11-20(27)21(28,29)23(32,33)25(24(34,35)22(20,30)31)12-13-6-4-3-5-7-13/h3-7,9-10,15,27-35H,8,11-12H2,1-2H3. The van der Waals surface area contributed by atoms with Gasteiger partial charge < -0.3 is 55.4 Å². The van der Waals surface area contributed by atoms with Crippen molar-refractivity contribution in [2.75, 3.05) is 14.2 Å². The highest BCUT2D eigenvalue weighted by atomic mass is 16.7. The molecular weight excluding hydrogens is 494 g/mol. The Hall–Kier alpha value is -2.69. The molecule has 1 saturated heterocycles. The number of methoxy groups -OCH3 is 2. The van der Waals surface area contributed by atoms with Gasteiger partial charge >= 0.3 is 0 Å². The molecular formula is C24H29NO12. The summed E-state index contributed by atoms with van der Waals surface area (Å²) in [5.41, 5.74) is -3.23. The number of hydrogen-bond acceptors (Lipinski definition) is 13. The van der Waals surface area contributed by atoms with Crippen molar-refractivity contribution >= 4 is 5.78 Å². The van der Waals surface area contributed by atoms with Gasteiger partial charge in [0.15, 0.2) is 22.9 Å². The third-order valence-corrected chi connectivity index (χ3v) is 7.28. The number of rotatable bonds is 6. The maximum Gasteiger partial charge on any atom is 0.289 e. The number of likely N-dealkylation sites (tertiary alicyclic amines) is 1. The van der Waals surface area contributed by atoms with Gasteiger partial charge in [0.1, 0.15) is 0 Å². The maximum atomic E-state index is 13.1. The average molecular weight is 523 g/mol. The van der Waals surface area contributed by atoms with Crippen LogP contribution < -0.4 is 9.47 Å². The molecule has 13 heteroatoms. The molecule has 0 spiro atoms. The molecule has 0 saturated carbocycles. The summed E-state index contributed by atoms with van der Waals surface area (Å²) < 4.78 is 10.4. The molecule has 0 radical (unpaired) electrons. The number of carbonyl (C=O) groups excluding carboxylic acids is 1. The molecule has 9 N–H and O–H groups in total. The quantitative estimate of drug-likeness (QED) is 0.177. The summed E-state index contributed by atoms with van der Waals surface area (Å²) in [6.45, 7) is -0.851. The van der Waals surface area contributed by atoms with Crippen molar-refractivity contribution in [1.82, 2.24) is 4.90 Å². The van der Waals surface area contributed by atoms with Crippen molar-refractivity contribution in [3.8, 4) is 11.5 Å². The lowest BCUT2D eigenvalue weighted by atomic mass is 9.69. The molecule has 0 aromatic heterocycles. The van der Waals surface area contributed by atoms with E-state index in [4.69, 9.17) is 9.47 Å². The first-order valence-corrected chi connectivity index (χ1v) is 11.2. The first-order valence-electron chi connectivity index (χ1n) is 11.2. The monoisotopic (exact) mass is 523 g/mol. The fraction of sp³-hybridized carbons (Fsp3) is 0.458. The van der Waals surface area contributed by atoms with Crippen molar-refractivity contribution < 1.29 is 60.2 Å². The van der Waals surface area contributed by atoms with Gasteiger partial charge in [0, 0.05) is 18.0 Å². The van der Waals surface area contributed by atoms with Gasteiger partial charge in [-0.25, -0.2) is 0 Å². The SMILES string of the molecule is COc1cc2c(cc1OC)C(=O)C(CC1(O)C(O)(O)C(O)(O)N(Cc3ccccc3)C(O)(O)C1(O)O)C2. The molecule has 2 aromatic rings. The fourth-order valence-corrected chi connectivity index (χ4v) is 5.08. The number of Topliss-reactive ketones (excluding diaryl/α,β-unsaturated/α-hetero) is 1. The zero-order chi connectivity index (χ0) is 27.6. The van der Waals surface area contributed by atoms with Crippen LogP contribution in [0.15, 0.2) is 42.5 Å². The second-order valence-corrected chi connectivity index (χ2v) is 9.38. The molecule has 1 fully saturated rings. The lowest BCUT2D eigenvalue weighted by molar-refractivity contribution is -0.597. The highest BCUT2D eigenvalue weighted by molar-refractivity contribution is 6.03. The van der Waals surface area contributed by atoms with E-state index in [0.717, 1.165) is 0 Å². The van der Waals surface area contributed by atoms with Gasteiger partial charge in [-0.15, -0.1) is 0 Å². The molecule has 37 heavy (non-hydrogen) atoms. The number of benzene rings is 2. The van der Waals surface area contributed by atoms with Crippen LogP contribution in [0.1, 0.15) is 27.9 Å². The van der Waals surface area contributed by atoms with Crippen LogP contribution >= 0.6 is 0 Å². The summed E-state index contributed by atoms with van der Waals surface area (Å²) in [5, 5.41) is 97.6. The number of hydrogen-bond donors (Lipinski definition) is 9. The van der Waals surface area contributed by atoms with Crippen molar-refractivity contribution in [2.45, 2.75) is 48.4 Å². The molecule has 2 aliphatic rings. The summed E-state index contributed by atoms with van der Waals surface area (Å²) in [6, 6.07) is 10.2. The van der Waals surface area contributed by atoms with Gasteiger partial charge in [0.2, 0.25) is 0 Å². The van der Waals surface area contributed by atoms with E-state index in [-0.39, 0.29) is 33.9 Å². The predicted octanol–water partition coefficient (Wildman–Crippen LogP) is -2.67. The summed E-state index contributed by atoms with van der Waals surface area (Å²) in [5.74, 6) is -18.2. The maximum absolute atomic E-state index is 13.1. The van der Waals surface area contributed by atoms with Crippen LogP contribution in [0.5, 0.6) is 11.5 Å². The number of nitrogens with zero attached hydrogens (tertiary/aromatic N) is 1. The normalized spacial score (nSPS) is 24.9. The molecule has 1 heterocycles. The first kappa shape index (κ1) is 27.3. The zero-order valence-electron chi connectivity index (χ0n) is 19.9. The van der Waals surface area contributed by atoms with E-state index in [1.165, 1.54) is 50.6 Å². The van der Waals surface area contributed by atoms with E-state index in [1.807, 2.05) is 0 Å². The van der Waals surface area contributed by atoms with Crippen molar-refractivity contribution in [2.24, 2.45) is 5.92 Å². The van der Waals surface area contributed by atoms with Gasteiger partial charge in [0.05, 0.1) is 14.2 Å². The van der Waals surface area contributed by atoms with Crippen LogP contribution in [-0.4, -0.2) is 99.9 Å². The van der Waals surface area contributed by atoms with E-state index < -0.39 is 53.7 Å². The van der Waals surface area contributed by atoms with E-state index >= 15 is 0 Å². The number of aliphatic hydroxyl groups is 9. The van der Waals surface area contributed by atoms with Crippen LogP contribution in [0, 0.1) is 5.92 Å². The van der Waals surface area contributed by atoms with Crippen LogP contribution in [0.3, 0.4) is 0 Å². The lowest BCUT2D eigenvalue weighted by Crippen LogP contribution is -2.93. The third kappa shape index (κ3) is 3.67. The van der Waals surface area contributed by atoms with Gasteiger partial charge in [-0.1, -0.05) is 30.3 Å². The Morgan fingerprint density at radius 1 is 0.838 bits per heavy atom. The Bertz CT molecular complexity index is 1170. The Kier molecular flexibility index (Phi) is 6.41. The van der Waals surface area contributed by atoms with Gasteiger partial charge in [-0.3, -0.25) is 4.79 Å². The second kappa shape index (κ2) is 8.68. The topological polar surface area (TPSA) is 221 Å². The Labute approximate surface area is 210 Å². The molecule has 1 aliphatic heterocycles. The predicted molar refractivity (Wildman–Crippen MR) is 121 cm³/mol. The number of fused-ring (bicyclic) bond motifs is 1. The number of carbonyl (C=O) groups is 1. The molecule has 0 bridgehead atoms. The zero-order valence-corrected chi connectivity index (χ0v) is 19.9. The Morgan fingerprint density at radius 2 is 1.35 bits per heavy atom. The average Bonchev–Trinajstić information content (AvgIpc) is 3.14.